The maximum absolute atomic E-state index is 11.7. The average Bonchev–Trinajstić information content (AvgIpc) is 2.84. The van der Waals surface area contributed by atoms with Crippen molar-refractivity contribution in [2.24, 2.45) is 5.92 Å². The molecule has 0 aromatic carbocycles. The minimum atomic E-state index is -0.327. The fraction of sp³-hybridized carbons (Fsp3) is 0.765. The monoisotopic (exact) mass is 333 g/mol. The molecule has 0 amide bonds. The van der Waals surface area contributed by atoms with Gasteiger partial charge in [-0.3, -0.25) is 10.1 Å². The van der Waals surface area contributed by atoms with Crippen molar-refractivity contribution >= 4 is 17.3 Å². The van der Waals surface area contributed by atoms with E-state index >= 15 is 0 Å². The zero-order chi connectivity index (χ0) is 16.9. The van der Waals surface area contributed by atoms with Gasteiger partial charge in [0.15, 0.2) is 0 Å². The number of anilines is 2. The van der Waals surface area contributed by atoms with Gasteiger partial charge >= 0.3 is 5.69 Å². The van der Waals surface area contributed by atoms with Crippen molar-refractivity contribution in [1.82, 2.24) is 9.97 Å². The molecule has 0 radical (unpaired) electrons. The summed E-state index contributed by atoms with van der Waals surface area (Å²) < 4.78 is 0. The van der Waals surface area contributed by atoms with Crippen LogP contribution in [0, 0.1) is 16.0 Å². The largest absolute Gasteiger partial charge is 0.361 e. The van der Waals surface area contributed by atoms with Crippen LogP contribution in [0.4, 0.5) is 17.3 Å². The first kappa shape index (κ1) is 16.9. The standard InChI is InChI=1S/C17H27N5O2/c1-13-8-10-21(11-9-13)17-15(22(23)24)16(18-12-19-17)20-14-6-4-2-3-5-7-14/h12-14H,2-11H2,1H3,(H,18,19,20). The molecule has 1 aliphatic carbocycles. The van der Waals surface area contributed by atoms with Gasteiger partial charge in [0.1, 0.15) is 6.33 Å². The van der Waals surface area contributed by atoms with Crippen molar-refractivity contribution in [1.29, 1.82) is 0 Å². The third-order valence-electron chi connectivity index (χ3n) is 5.26. The van der Waals surface area contributed by atoms with Crippen LogP contribution in [-0.4, -0.2) is 34.0 Å². The Morgan fingerprint density at radius 3 is 2.42 bits per heavy atom. The van der Waals surface area contributed by atoms with Crippen molar-refractivity contribution in [2.75, 3.05) is 23.3 Å². The number of aromatic nitrogens is 2. The molecule has 2 heterocycles. The van der Waals surface area contributed by atoms with E-state index in [1.54, 1.807) is 0 Å². The molecule has 1 N–H and O–H groups in total. The van der Waals surface area contributed by atoms with E-state index in [0.29, 0.717) is 17.6 Å². The predicted octanol–water partition coefficient (Wildman–Crippen LogP) is 3.76. The molecule has 0 bridgehead atoms. The SMILES string of the molecule is CC1CCN(c2ncnc(NC3CCCCCC3)c2[N+](=O)[O-])CC1. The molecule has 24 heavy (non-hydrogen) atoms. The van der Waals surface area contributed by atoms with Crippen LogP contribution in [0.5, 0.6) is 0 Å². The zero-order valence-corrected chi connectivity index (χ0v) is 14.4. The fourth-order valence-corrected chi connectivity index (χ4v) is 3.71. The molecule has 2 aliphatic rings. The maximum Gasteiger partial charge on any atom is 0.353 e. The van der Waals surface area contributed by atoms with Crippen LogP contribution in [0.2, 0.25) is 0 Å². The van der Waals surface area contributed by atoms with Crippen molar-refractivity contribution in [3.8, 4) is 0 Å². The molecular weight excluding hydrogens is 306 g/mol. The van der Waals surface area contributed by atoms with Crippen molar-refractivity contribution < 1.29 is 4.92 Å². The lowest BCUT2D eigenvalue weighted by Crippen LogP contribution is -2.34. The Morgan fingerprint density at radius 2 is 1.79 bits per heavy atom. The second-order valence-electron chi connectivity index (χ2n) is 7.15. The fourth-order valence-electron chi connectivity index (χ4n) is 3.71. The molecule has 0 atom stereocenters. The molecule has 1 aromatic rings. The van der Waals surface area contributed by atoms with Gasteiger partial charge in [0.2, 0.25) is 11.6 Å². The highest BCUT2D eigenvalue weighted by molar-refractivity contribution is 5.70. The van der Waals surface area contributed by atoms with E-state index in [1.165, 1.54) is 32.0 Å². The van der Waals surface area contributed by atoms with E-state index in [9.17, 15) is 10.1 Å². The lowest BCUT2D eigenvalue weighted by molar-refractivity contribution is -0.383. The van der Waals surface area contributed by atoms with Crippen LogP contribution in [0.15, 0.2) is 6.33 Å². The Bertz CT molecular complexity index is 564. The smallest absolute Gasteiger partial charge is 0.353 e. The molecule has 1 saturated carbocycles. The van der Waals surface area contributed by atoms with Crippen LogP contribution < -0.4 is 10.2 Å². The third-order valence-corrected chi connectivity index (χ3v) is 5.26. The summed E-state index contributed by atoms with van der Waals surface area (Å²) in [7, 11) is 0. The van der Waals surface area contributed by atoms with Gasteiger partial charge in [-0.25, -0.2) is 9.97 Å². The summed E-state index contributed by atoms with van der Waals surface area (Å²) in [5.41, 5.74) is 0.0382. The van der Waals surface area contributed by atoms with Gasteiger partial charge in [0.05, 0.1) is 4.92 Å². The van der Waals surface area contributed by atoms with E-state index < -0.39 is 0 Å². The highest BCUT2D eigenvalue weighted by Crippen LogP contribution is 2.35. The molecule has 1 aromatic heterocycles. The predicted molar refractivity (Wildman–Crippen MR) is 94.4 cm³/mol. The number of nitrogens with one attached hydrogen (secondary N) is 1. The molecule has 2 fully saturated rings. The number of rotatable bonds is 4. The summed E-state index contributed by atoms with van der Waals surface area (Å²) in [5.74, 6) is 1.53. The minimum Gasteiger partial charge on any atom is -0.361 e. The van der Waals surface area contributed by atoms with Gasteiger partial charge in [-0.05, 0) is 31.6 Å². The third kappa shape index (κ3) is 3.94. The number of piperidine rings is 1. The molecule has 7 heteroatoms. The zero-order valence-electron chi connectivity index (χ0n) is 14.4. The molecule has 132 valence electrons. The lowest BCUT2D eigenvalue weighted by atomic mass is 9.99. The maximum atomic E-state index is 11.7. The summed E-state index contributed by atoms with van der Waals surface area (Å²) in [4.78, 5) is 21.9. The second kappa shape index (κ2) is 7.77. The van der Waals surface area contributed by atoms with E-state index in [1.807, 2.05) is 4.90 Å². The summed E-state index contributed by atoms with van der Waals surface area (Å²) in [6, 6.07) is 0.273. The van der Waals surface area contributed by atoms with Crippen molar-refractivity contribution in [3.63, 3.8) is 0 Å². The van der Waals surface area contributed by atoms with Gasteiger partial charge in [0, 0.05) is 19.1 Å². The van der Waals surface area contributed by atoms with Crippen LogP contribution in [0.1, 0.15) is 58.3 Å². The van der Waals surface area contributed by atoms with E-state index in [2.05, 4.69) is 22.2 Å². The van der Waals surface area contributed by atoms with Crippen molar-refractivity contribution in [2.45, 2.75) is 64.3 Å². The topological polar surface area (TPSA) is 84.2 Å². The van der Waals surface area contributed by atoms with Crippen LogP contribution in [0.3, 0.4) is 0 Å². The Kier molecular flexibility index (Phi) is 5.48. The Morgan fingerprint density at radius 1 is 1.12 bits per heavy atom. The number of hydrogen-bond donors (Lipinski definition) is 1. The molecule has 0 unspecified atom stereocenters. The molecule has 0 spiro atoms. The molecule has 1 aliphatic heterocycles. The first-order valence-electron chi connectivity index (χ1n) is 9.16. The molecule has 3 rings (SSSR count). The Labute approximate surface area is 143 Å². The average molecular weight is 333 g/mol. The second-order valence-corrected chi connectivity index (χ2v) is 7.15. The quantitative estimate of drug-likeness (QED) is 0.513. The normalized spacial score (nSPS) is 20.6. The van der Waals surface area contributed by atoms with Crippen LogP contribution >= 0.6 is 0 Å². The van der Waals surface area contributed by atoms with Gasteiger partial charge in [-0.1, -0.05) is 32.6 Å². The summed E-state index contributed by atoms with van der Waals surface area (Å²) in [6.07, 6.45) is 10.5. The van der Waals surface area contributed by atoms with E-state index in [4.69, 9.17) is 0 Å². The minimum absolute atomic E-state index is 0.0382. The molecular formula is C17H27N5O2. The van der Waals surface area contributed by atoms with E-state index in [0.717, 1.165) is 38.8 Å². The van der Waals surface area contributed by atoms with Gasteiger partial charge in [-0.2, -0.15) is 0 Å². The summed E-state index contributed by atoms with van der Waals surface area (Å²) >= 11 is 0. The summed E-state index contributed by atoms with van der Waals surface area (Å²) in [6.45, 7) is 3.87. The first-order valence-corrected chi connectivity index (χ1v) is 9.16. The molecule has 7 nitrogen and oxygen atoms in total. The first-order chi connectivity index (χ1) is 11.6. The number of hydrogen-bond acceptors (Lipinski definition) is 6. The highest BCUT2D eigenvalue weighted by Gasteiger charge is 2.30. The number of nitro groups is 1. The number of nitrogens with zero attached hydrogens (tertiary/aromatic N) is 4. The van der Waals surface area contributed by atoms with Gasteiger partial charge in [-0.15, -0.1) is 0 Å². The van der Waals surface area contributed by atoms with Crippen LogP contribution in [-0.2, 0) is 0 Å². The highest BCUT2D eigenvalue weighted by atomic mass is 16.6. The van der Waals surface area contributed by atoms with Gasteiger partial charge < -0.3 is 10.2 Å². The van der Waals surface area contributed by atoms with Gasteiger partial charge in [0.25, 0.3) is 0 Å². The molecule has 1 saturated heterocycles. The van der Waals surface area contributed by atoms with Crippen molar-refractivity contribution in [3.05, 3.63) is 16.4 Å². The van der Waals surface area contributed by atoms with Crippen LogP contribution in [0.25, 0.3) is 0 Å². The summed E-state index contributed by atoms with van der Waals surface area (Å²) in [5, 5.41) is 15.1. The van der Waals surface area contributed by atoms with E-state index in [-0.39, 0.29) is 16.7 Å². The Hall–Kier alpha value is -1.92. The lowest BCUT2D eigenvalue weighted by Gasteiger charge is -2.31. The Balaban J connectivity index is 1.83.